The van der Waals surface area contributed by atoms with Crippen molar-refractivity contribution in [1.29, 1.82) is 0 Å². The fraction of sp³-hybridized carbons (Fsp3) is 0.800. The lowest BCUT2D eigenvalue weighted by Gasteiger charge is -2.30. The van der Waals surface area contributed by atoms with Crippen LogP contribution in [0.3, 0.4) is 0 Å². The van der Waals surface area contributed by atoms with Crippen LogP contribution >= 0.6 is 0 Å². The van der Waals surface area contributed by atoms with E-state index in [1.54, 1.807) is 12.3 Å². The van der Waals surface area contributed by atoms with Gasteiger partial charge in [0, 0.05) is 6.42 Å². The molecule has 2 heteroatoms. The van der Waals surface area contributed by atoms with Gasteiger partial charge >= 0.3 is 0 Å². The van der Waals surface area contributed by atoms with Gasteiger partial charge in [-0.1, -0.05) is 13.8 Å². The lowest BCUT2D eigenvalue weighted by atomic mass is 9.92. The fourth-order valence-electron chi connectivity index (χ4n) is 1.54. The van der Waals surface area contributed by atoms with Crippen LogP contribution in [-0.2, 0) is 4.74 Å². The Morgan fingerprint density at radius 3 is 2.83 bits per heavy atom. The van der Waals surface area contributed by atoms with E-state index in [-0.39, 0.29) is 6.10 Å². The van der Waals surface area contributed by atoms with Gasteiger partial charge in [0.1, 0.15) is 6.10 Å². The summed E-state index contributed by atoms with van der Waals surface area (Å²) in [6.45, 7) is 6.14. The molecule has 2 unspecified atom stereocenters. The fourth-order valence-corrected chi connectivity index (χ4v) is 1.54. The number of ether oxygens (including phenoxy) is 1. The maximum absolute atomic E-state index is 9.69. The maximum Gasteiger partial charge on any atom is 0.101 e. The second kappa shape index (κ2) is 3.48. The molecule has 70 valence electrons. The average Bonchev–Trinajstić information content (AvgIpc) is 1.82. The van der Waals surface area contributed by atoms with Gasteiger partial charge in [0.2, 0.25) is 0 Å². The van der Waals surface area contributed by atoms with Crippen LogP contribution in [0.5, 0.6) is 0 Å². The summed E-state index contributed by atoms with van der Waals surface area (Å²) >= 11 is 0. The lowest BCUT2D eigenvalue weighted by molar-refractivity contribution is 0.000586. The largest absolute Gasteiger partial charge is 0.498 e. The molecule has 0 saturated carbocycles. The predicted molar refractivity (Wildman–Crippen MR) is 48.7 cm³/mol. The second-order valence-corrected chi connectivity index (χ2v) is 4.25. The summed E-state index contributed by atoms with van der Waals surface area (Å²) in [5, 5.41) is 9.69. The minimum Gasteiger partial charge on any atom is -0.498 e. The Kier molecular flexibility index (Phi) is 2.78. The zero-order valence-corrected chi connectivity index (χ0v) is 8.08. The van der Waals surface area contributed by atoms with Gasteiger partial charge in [-0.3, -0.25) is 0 Å². The third kappa shape index (κ3) is 2.86. The average molecular weight is 170 g/mol. The molecule has 2 nitrogen and oxygen atoms in total. The van der Waals surface area contributed by atoms with Gasteiger partial charge in [-0.05, 0) is 25.3 Å². The summed E-state index contributed by atoms with van der Waals surface area (Å²) in [6, 6.07) is 0. The van der Waals surface area contributed by atoms with E-state index in [2.05, 4.69) is 13.8 Å². The van der Waals surface area contributed by atoms with Gasteiger partial charge in [0.25, 0.3) is 0 Å². The summed E-state index contributed by atoms with van der Waals surface area (Å²) in [5.74, 6) is 0.622. The topological polar surface area (TPSA) is 29.5 Å². The Morgan fingerprint density at radius 2 is 2.33 bits per heavy atom. The molecule has 0 bridgehead atoms. The molecule has 0 fully saturated rings. The molecule has 0 radical (unpaired) electrons. The van der Waals surface area contributed by atoms with E-state index in [0.29, 0.717) is 12.3 Å². The van der Waals surface area contributed by atoms with Gasteiger partial charge in [-0.15, -0.1) is 0 Å². The summed E-state index contributed by atoms with van der Waals surface area (Å²) in [5.41, 5.74) is -0.669. The van der Waals surface area contributed by atoms with E-state index >= 15 is 0 Å². The Bertz CT molecular complexity index is 171. The first kappa shape index (κ1) is 9.59. The van der Waals surface area contributed by atoms with E-state index in [1.165, 1.54) is 0 Å². The molecule has 2 atom stereocenters. The van der Waals surface area contributed by atoms with Crippen molar-refractivity contribution in [2.24, 2.45) is 5.92 Å². The number of aliphatic hydroxyl groups is 1. The van der Waals surface area contributed by atoms with Crippen molar-refractivity contribution in [3.63, 3.8) is 0 Å². The monoisotopic (exact) mass is 170 g/mol. The molecule has 1 heterocycles. The molecular weight excluding hydrogens is 152 g/mol. The van der Waals surface area contributed by atoms with Gasteiger partial charge in [-0.2, -0.15) is 0 Å². The molecule has 0 aliphatic carbocycles. The van der Waals surface area contributed by atoms with Gasteiger partial charge in [0.15, 0.2) is 0 Å². The Labute approximate surface area is 74.2 Å². The minimum atomic E-state index is -0.669. The Hall–Kier alpha value is -0.500. The lowest BCUT2D eigenvalue weighted by Crippen LogP contribution is -2.32. The predicted octanol–water partition coefficient (Wildman–Crippen LogP) is 2.09. The summed E-state index contributed by atoms with van der Waals surface area (Å²) in [6.07, 6.45) is 5.24. The van der Waals surface area contributed by atoms with Gasteiger partial charge in [0.05, 0.1) is 11.9 Å². The van der Waals surface area contributed by atoms with Gasteiger partial charge < -0.3 is 9.84 Å². The summed E-state index contributed by atoms with van der Waals surface area (Å²) in [4.78, 5) is 0. The zero-order valence-electron chi connectivity index (χ0n) is 8.08. The first-order valence-electron chi connectivity index (χ1n) is 4.55. The van der Waals surface area contributed by atoms with Crippen LogP contribution in [0.2, 0.25) is 0 Å². The number of hydrogen-bond donors (Lipinski definition) is 1. The highest BCUT2D eigenvalue weighted by Crippen LogP contribution is 2.25. The van der Waals surface area contributed by atoms with E-state index in [0.717, 1.165) is 6.42 Å². The van der Waals surface area contributed by atoms with E-state index < -0.39 is 5.60 Å². The van der Waals surface area contributed by atoms with Crippen molar-refractivity contribution >= 4 is 0 Å². The van der Waals surface area contributed by atoms with Crippen LogP contribution in [0, 0.1) is 5.92 Å². The molecular formula is C10H18O2. The molecule has 1 aliphatic rings. The molecule has 12 heavy (non-hydrogen) atoms. The maximum atomic E-state index is 9.69. The summed E-state index contributed by atoms with van der Waals surface area (Å²) < 4.78 is 5.38. The van der Waals surface area contributed by atoms with Crippen LogP contribution in [0.15, 0.2) is 12.3 Å². The normalized spacial score (nSPS) is 35.2. The van der Waals surface area contributed by atoms with Crippen LogP contribution in [0.1, 0.15) is 33.6 Å². The molecule has 0 amide bonds. The van der Waals surface area contributed by atoms with E-state index in [9.17, 15) is 5.11 Å². The highest BCUT2D eigenvalue weighted by Gasteiger charge is 2.27. The molecule has 1 aliphatic heterocycles. The van der Waals surface area contributed by atoms with E-state index in [4.69, 9.17) is 4.74 Å². The third-order valence-electron chi connectivity index (χ3n) is 2.07. The number of hydrogen-bond acceptors (Lipinski definition) is 2. The standard InChI is InChI=1S/C10H18O2/c1-8(2)6-9-7-10(3,11)4-5-12-9/h4-5,8-9,11H,6-7H2,1-3H3. The van der Waals surface area contributed by atoms with Crippen molar-refractivity contribution in [3.8, 4) is 0 Å². The van der Waals surface area contributed by atoms with Crippen molar-refractivity contribution in [3.05, 3.63) is 12.3 Å². The SMILES string of the molecule is CC(C)CC1CC(C)(O)C=CO1. The van der Waals surface area contributed by atoms with Crippen LogP contribution in [0.4, 0.5) is 0 Å². The van der Waals surface area contributed by atoms with E-state index in [1.807, 2.05) is 6.92 Å². The third-order valence-corrected chi connectivity index (χ3v) is 2.07. The van der Waals surface area contributed by atoms with Crippen molar-refractivity contribution < 1.29 is 9.84 Å². The molecule has 0 aromatic heterocycles. The van der Waals surface area contributed by atoms with Crippen molar-refractivity contribution in [2.75, 3.05) is 0 Å². The van der Waals surface area contributed by atoms with Crippen molar-refractivity contribution in [1.82, 2.24) is 0 Å². The van der Waals surface area contributed by atoms with Crippen LogP contribution < -0.4 is 0 Å². The first-order chi connectivity index (χ1) is 5.49. The highest BCUT2D eigenvalue weighted by molar-refractivity contribution is 5.00. The minimum absolute atomic E-state index is 0.185. The molecule has 0 spiro atoms. The molecule has 0 aromatic rings. The zero-order chi connectivity index (χ0) is 9.19. The second-order valence-electron chi connectivity index (χ2n) is 4.25. The molecule has 1 N–H and O–H groups in total. The molecule has 0 aromatic carbocycles. The van der Waals surface area contributed by atoms with Crippen molar-refractivity contribution in [2.45, 2.75) is 45.3 Å². The highest BCUT2D eigenvalue weighted by atomic mass is 16.5. The van der Waals surface area contributed by atoms with Crippen LogP contribution in [-0.4, -0.2) is 16.8 Å². The Balaban J connectivity index is 2.45. The van der Waals surface area contributed by atoms with Gasteiger partial charge in [-0.25, -0.2) is 0 Å². The first-order valence-corrected chi connectivity index (χ1v) is 4.55. The molecule has 1 rings (SSSR count). The number of rotatable bonds is 2. The smallest absolute Gasteiger partial charge is 0.101 e. The van der Waals surface area contributed by atoms with Crippen LogP contribution in [0.25, 0.3) is 0 Å². The Morgan fingerprint density at radius 1 is 1.67 bits per heavy atom. The quantitative estimate of drug-likeness (QED) is 0.687. The molecule has 0 saturated heterocycles. The summed E-state index contributed by atoms with van der Waals surface area (Å²) in [7, 11) is 0.